The molecule has 0 aromatic carbocycles. The largest absolute Gasteiger partial charge is 0.299 e. The summed E-state index contributed by atoms with van der Waals surface area (Å²) in [5, 5.41) is 0. The highest BCUT2D eigenvalue weighted by molar-refractivity contribution is 5.64. The zero-order chi connectivity index (χ0) is 12.6. The Kier molecular flexibility index (Phi) is 14.4. The third kappa shape index (κ3) is 15.1. The number of allylic oxidation sites excluding steroid dienone is 4. The smallest absolute Gasteiger partial charge is 0.142 e. The second kappa shape index (κ2) is 15.1. The Morgan fingerprint density at radius 1 is 0.706 bits per heavy atom. The lowest BCUT2D eigenvalue weighted by molar-refractivity contribution is -0.104. The Balaban J connectivity index is 3.05. The molecule has 0 unspecified atom stereocenters. The van der Waals surface area contributed by atoms with Crippen LogP contribution in [0.2, 0.25) is 0 Å². The molecular formula is C16H28O. The normalized spacial score (nSPS) is 11.6. The van der Waals surface area contributed by atoms with Gasteiger partial charge in [0.2, 0.25) is 0 Å². The number of rotatable bonds is 12. The number of carbonyl (C=O) groups is 1. The van der Waals surface area contributed by atoms with Gasteiger partial charge in [0.15, 0.2) is 0 Å². The van der Waals surface area contributed by atoms with Gasteiger partial charge in [0.25, 0.3) is 0 Å². The first-order valence-corrected chi connectivity index (χ1v) is 7.17. The summed E-state index contributed by atoms with van der Waals surface area (Å²) in [6.45, 7) is 2.23. The zero-order valence-electron chi connectivity index (χ0n) is 11.4. The van der Waals surface area contributed by atoms with Crippen molar-refractivity contribution in [3.63, 3.8) is 0 Å². The highest BCUT2D eigenvalue weighted by atomic mass is 16.1. The first-order valence-electron chi connectivity index (χ1n) is 7.17. The van der Waals surface area contributed by atoms with Crippen molar-refractivity contribution in [2.75, 3.05) is 0 Å². The van der Waals surface area contributed by atoms with E-state index in [-0.39, 0.29) is 0 Å². The average molecular weight is 236 g/mol. The first-order chi connectivity index (χ1) is 8.41. The van der Waals surface area contributed by atoms with Gasteiger partial charge in [-0.1, -0.05) is 57.3 Å². The molecule has 0 aliphatic carbocycles. The second-order valence-electron chi connectivity index (χ2n) is 4.52. The minimum absolute atomic E-state index is 0.852. The van der Waals surface area contributed by atoms with Crippen LogP contribution in [0.1, 0.15) is 71.1 Å². The maximum absolute atomic E-state index is 10.0. The van der Waals surface area contributed by atoms with Crippen LogP contribution in [-0.4, -0.2) is 6.29 Å². The predicted octanol–water partition coefficient (Wildman–Crippen LogP) is 5.22. The van der Waals surface area contributed by atoms with Crippen LogP contribution >= 0.6 is 0 Å². The molecule has 0 spiro atoms. The summed E-state index contributed by atoms with van der Waals surface area (Å²) >= 11 is 0. The third-order valence-electron chi connectivity index (χ3n) is 2.85. The predicted molar refractivity (Wildman–Crippen MR) is 76.2 cm³/mol. The van der Waals surface area contributed by atoms with E-state index in [1.54, 1.807) is 6.08 Å². The third-order valence-corrected chi connectivity index (χ3v) is 2.85. The molecule has 0 aliphatic heterocycles. The van der Waals surface area contributed by atoms with Crippen molar-refractivity contribution >= 4 is 6.29 Å². The number of hydrogen-bond donors (Lipinski definition) is 0. The van der Waals surface area contributed by atoms with E-state index >= 15 is 0 Å². The van der Waals surface area contributed by atoms with Crippen LogP contribution in [0.25, 0.3) is 0 Å². The summed E-state index contributed by atoms with van der Waals surface area (Å²) in [4.78, 5) is 10.0. The molecule has 0 fully saturated rings. The standard InChI is InChI=1S/C16H28O/c1-2-3-4-5-6-7-8-9-10-11-12-13-14-15-16-17/h5-6,14-16H,2-4,7-13H2,1H3/b6-5?,15-14+. The topological polar surface area (TPSA) is 17.1 Å². The minimum atomic E-state index is 0.852. The lowest BCUT2D eigenvalue weighted by Crippen LogP contribution is -1.78. The summed E-state index contributed by atoms with van der Waals surface area (Å²) in [6, 6.07) is 0. The molecule has 0 rings (SSSR count). The summed E-state index contributed by atoms with van der Waals surface area (Å²) in [6.07, 6.45) is 21.8. The fourth-order valence-corrected chi connectivity index (χ4v) is 1.76. The quantitative estimate of drug-likeness (QED) is 0.196. The van der Waals surface area contributed by atoms with Gasteiger partial charge in [-0.3, -0.25) is 4.79 Å². The number of unbranched alkanes of at least 4 members (excludes halogenated alkanes) is 8. The molecule has 0 aromatic heterocycles. The molecule has 0 N–H and O–H groups in total. The van der Waals surface area contributed by atoms with E-state index in [2.05, 4.69) is 19.1 Å². The summed E-state index contributed by atoms with van der Waals surface area (Å²) in [5.41, 5.74) is 0. The van der Waals surface area contributed by atoms with Crippen LogP contribution in [0.3, 0.4) is 0 Å². The highest BCUT2D eigenvalue weighted by Crippen LogP contribution is 2.08. The zero-order valence-corrected chi connectivity index (χ0v) is 11.4. The molecule has 0 amide bonds. The van der Waals surface area contributed by atoms with Gasteiger partial charge >= 0.3 is 0 Å². The Bertz CT molecular complexity index is 204. The van der Waals surface area contributed by atoms with E-state index in [9.17, 15) is 4.79 Å². The van der Waals surface area contributed by atoms with Gasteiger partial charge in [-0.25, -0.2) is 0 Å². The highest BCUT2D eigenvalue weighted by Gasteiger charge is 1.88. The second-order valence-corrected chi connectivity index (χ2v) is 4.52. The van der Waals surface area contributed by atoms with Crippen molar-refractivity contribution in [3.05, 3.63) is 24.3 Å². The molecule has 0 aliphatic rings. The molecule has 0 saturated heterocycles. The molecule has 0 atom stereocenters. The molecule has 0 saturated carbocycles. The molecule has 98 valence electrons. The van der Waals surface area contributed by atoms with E-state index < -0.39 is 0 Å². The van der Waals surface area contributed by atoms with Crippen LogP contribution in [-0.2, 0) is 4.79 Å². The van der Waals surface area contributed by atoms with E-state index in [4.69, 9.17) is 0 Å². The van der Waals surface area contributed by atoms with Gasteiger partial charge in [0.05, 0.1) is 0 Å². The molecule has 0 bridgehead atoms. The van der Waals surface area contributed by atoms with Gasteiger partial charge in [0, 0.05) is 0 Å². The van der Waals surface area contributed by atoms with Crippen LogP contribution in [0, 0.1) is 0 Å². The van der Waals surface area contributed by atoms with Crippen LogP contribution in [0.5, 0.6) is 0 Å². The maximum Gasteiger partial charge on any atom is 0.142 e. The molecule has 0 heterocycles. The molecule has 17 heavy (non-hydrogen) atoms. The summed E-state index contributed by atoms with van der Waals surface area (Å²) < 4.78 is 0. The fraction of sp³-hybridized carbons (Fsp3) is 0.688. The molecular weight excluding hydrogens is 208 g/mol. The lowest BCUT2D eigenvalue weighted by Gasteiger charge is -1.98. The van der Waals surface area contributed by atoms with E-state index in [0.29, 0.717) is 0 Å². The van der Waals surface area contributed by atoms with Crippen molar-refractivity contribution in [2.24, 2.45) is 0 Å². The Morgan fingerprint density at radius 2 is 1.24 bits per heavy atom. The van der Waals surface area contributed by atoms with Crippen molar-refractivity contribution in [1.29, 1.82) is 0 Å². The Labute approximate surface area is 107 Å². The van der Waals surface area contributed by atoms with E-state index in [1.807, 2.05) is 6.08 Å². The van der Waals surface area contributed by atoms with Gasteiger partial charge in [-0.2, -0.15) is 0 Å². The van der Waals surface area contributed by atoms with Crippen molar-refractivity contribution < 1.29 is 4.79 Å². The summed E-state index contributed by atoms with van der Waals surface area (Å²) in [5.74, 6) is 0. The molecule has 1 heteroatoms. The van der Waals surface area contributed by atoms with Crippen LogP contribution in [0.15, 0.2) is 24.3 Å². The van der Waals surface area contributed by atoms with Gasteiger partial charge in [-0.15, -0.1) is 0 Å². The molecule has 0 radical (unpaired) electrons. The van der Waals surface area contributed by atoms with Crippen LogP contribution < -0.4 is 0 Å². The van der Waals surface area contributed by atoms with E-state index in [1.165, 1.54) is 57.8 Å². The maximum atomic E-state index is 10.0. The molecule has 0 aromatic rings. The lowest BCUT2D eigenvalue weighted by atomic mass is 10.1. The average Bonchev–Trinajstić information content (AvgIpc) is 2.35. The van der Waals surface area contributed by atoms with Gasteiger partial charge in [0.1, 0.15) is 6.29 Å². The first kappa shape index (κ1) is 16.1. The summed E-state index contributed by atoms with van der Waals surface area (Å²) in [7, 11) is 0. The Hall–Kier alpha value is -0.850. The van der Waals surface area contributed by atoms with Crippen molar-refractivity contribution in [1.82, 2.24) is 0 Å². The number of carbonyl (C=O) groups excluding carboxylic acids is 1. The fourth-order valence-electron chi connectivity index (χ4n) is 1.76. The number of hydrogen-bond acceptors (Lipinski definition) is 1. The van der Waals surface area contributed by atoms with Crippen molar-refractivity contribution in [2.45, 2.75) is 71.1 Å². The SMILES string of the molecule is CCCCC=CCCCCCCC/C=C/C=O. The van der Waals surface area contributed by atoms with Crippen LogP contribution in [0.4, 0.5) is 0 Å². The monoisotopic (exact) mass is 236 g/mol. The Morgan fingerprint density at radius 3 is 1.82 bits per heavy atom. The number of aldehydes is 1. The minimum Gasteiger partial charge on any atom is -0.299 e. The van der Waals surface area contributed by atoms with E-state index in [0.717, 1.165) is 12.7 Å². The van der Waals surface area contributed by atoms with Gasteiger partial charge < -0.3 is 0 Å². The molecule has 1 nitrogen and oxygen atoms in total. The van der Waals surface area contributed by atoms with Gasteiger partial charge in [-0.05, 0) is 38.2 Å². The van der Waals surface area contributed by atoms with Crippen molar-refractivity contribution in [3.8, 4) is 0 Å².